The van der Waals surface area contributed by atoms with Gasteiger partial charge in [-0.3, -0.25) is 0 Å². The zero-order chi connectivity index (χ0) is 12.4. The zero-order valence-corrected chi connectivity index (χ0v) is 10.4. The van der Waals surface area contributed by atoms with Crippen molar-refractivity contribution in [1.29, 1.82) is 0 Å². The molecule has 1 saturated heterocycles. The fourth-order valence-corrected chi connectivity index (χ4v) is 2.53. The third-order valence-corrected chi connectivity index (χ3v) is 3.49. The molecule has 3 heteroatoms. The van der Waals surface area contributed by atoms with E-state index < -0.39 is 5.97 Å². The Bertz CT molecular complexity index is 428. The zero-order valence-electron chi connectivity index (χ0n) is 10.4. The Morgan fingerprint density at radius 1 is 1.41 bits per heavy atom. The summed E-state index contributed by atoms with van der Waals surface area (Å²) in [6.07, 6.45) is 3.54. The maximum absolute atomic E-state index is 11.3. The molecular weight excluding hydrogens is 214 g/mol. The molecule has 0 amide bonds. The first-order valence-corrected chi connectivity index (χ1v) is 6.20. The summed E-state index contributed by atoms with van der Waals surface area (Å²) in [5.41, 5.74) is 2.30. The topological polar surface area (TPSA) is 40.5 Å². The van der Waals surface area contributed by atoms with Crippen molar-refractivity contribution in [1.82, 2.24) is 0 Å². The van der Waals surface area contributed by atoms with E-state index >= 15 is 0 Å². The number of hydrogen-bond donors (Lipinski definition) is 1. The van der Waals surface area contributed by atoms with Gasteiger partial charge >= 0.3 is 5.97 Å². The van der Waals surface area contributed by atoms with E-state index in [2.05, 4.69) is 11.8 Å². The number of rotatable bonds is 2. The molecule has 1 atom stereocenters. The number of anilines is 1. The van der Waals surface area contributed by atoms with Gasteiger partial charge in [-0.2, -0.15) is 0 Å². The Hall–Kier alpha value is -1.51. The van der Waals surface area contributed by atoms with Crippen LogP contribution < -0.4 is 4.90 Å². The fourth-order valence-electron chi connectivity index (χ4n) is 2.53. The number of carbonyl (C=O) groups is 1. The Kier molecular flexibility index (Phi) is 3.36. The minimum Gasteiger partial charge on any atom is -0.478 e. The van der Waals surface area contributed by atoms with Gasteiger partial charge < -0.3 is 10.0 Å². The van der Waals surface area contributed by atoms with Gasteiger partial charge in [-0.05, 0) is 45.2 Å². The van der Waals surface area contributed by atoms with Crippen LogP contribution in [-0.4, -0.2) is 23.7 Å². The van der Waals surface area contributed by atoms with Crippen LogP contribution in [0.4, 0.5) is 5.69 Å². The molecule has 1 aromatic rings. The number of carboxylic acid groups (broad SMARTS) is 1. The third kappa shape index (κ3) is 2.43. The minimum atomic E-state index is -0.832. The standard InChI is InChI=1S/C14H19NO2/c1-10-6-7-13(12(9-10)14(16)17)15-8-4-3-5-11(15)2/h6-7,9,11H,3-5,8H2,1-2H3,(H,16,17). The average molecular weight is 233 g/mol. The highest BCUT2D eigenvalue weighted by Crippen LogP contribution is 2.28. The van der Waals surface area contributed by atoms with Gasteiger partial charge in [-0.15, -0.1) is 0 Å². The Balaban J connectivity index is 2.39. The smallest absolute Gasteiger partial charge is 0.337 e. The molecule has 0 saturated carbocycles. The number of aromatic carboxylic acids is 1. The normalized spacial score (nSPS) is 20.4. The molecule has 1 unspecified atom stereocenters. The molecule has 1 aliphatic rings. The molecule has 17 heavy (non-hydrogen) atoms. The molecule has 0 radical (unpaired) electrons. The highest BCUT2D eigenvalue weighted by molar-refractivity contribution is 5.94. The summed E-state index contributed by atoms with van der Waals surface area (Å²) in [6, 6.07) is 6.13. The summed E-state index contributed by atoms with van der Waals surface area (Å²) in [4.78, 5) is 13.5. The molecule has 0 aromatic heterocycles. The number of hydrogen-bond acceptors (Lipinski definition) is 2. The largest absolute Gasteiger partial charge is 0.478 e. The molecule has 1 fully saturated rings. The van der Waals surface area contributed by atoms with Crippen LogP contribution >= 0.6 is 0 Å². The molecular formula is C14H19NO2. The van der Waals surface area contributed by atoms with Crippen LogP contribution in [0.2, 0.25) is 0 Å². The second-order valence-corrected chi connectivity index (χ2v) is 4.86. The molecule has 2 rings (SSSR count). The van der Waals surface area contributed by atoms with Crippen LogP contribution in [0.1, 0.15) is 42.1 Å². The Labute approximate surface area is 102 Å². The van der Waals surface area contributed by atoms with E-state index in [0.29, 0.717) is 11.6 Å². The van der Waals surface area contributed by atoms with E-state index in [1.165, 1.54) is 6.42 Å². The predicted octanol–water partition coefficient (Wildman–Crippen LogP) is 3.07. The SMILES string of the molecule is Cc1ccc(N2CCCCC2C)c(C(=O)O)c1. The van der Waals surface area contributed by atoms with Gasteiger partial charge in [-0.25, -0.2) is 4.79 Å². The van der Waals surface area contributed by atoms with Gasteiger partial charge in [0.05, 0.1) is 11.3 Å². The lowest BCUT2D eigenvalue weighted by molar-refractivity contribution is 0.0697. The molecule has 0 bridgehead atoms. The summed E-state index contributed by atoms with van der Waals surface area (Å²) in [7, 11) is 0. The van der Waals surface area contributed by atoms with Crippen molar-refractivity contribution < 1.29 is 9.90 Å². The molecule has 1 N–H and O–H groups in total. The van der Waals surface area contributed by atoms with Gasteiger partial charge in [0.2, 0.25) is 0 Å². The maximum Gasteiger partial charge on any atom is 0.337 e. The third-order valence-electron chi connectivity index (χ3n) is 3.49. The number of benzene rings is 1. The lowest BCUT2D eigenvalue weighted by atomic mass is 10.00. The summed E-state index contributed by atoms with van der Waals surface area (Å²) in [5, 5.41) is 9.28. The maximum atomic E-state index is 11.3. The Morgan fingerprint density at radius 2 is 2.18 bits per heavy atom. The second kappa shape index (κ2) is 4.78. The highest BCUT2D eigenvalue weighted by atomic mass is 16.4. The van der Waals surface area contributed by atoms with E-state index in [9.17, 15) is 9.90 Å². The van der Waals surface area contributed by atoms with Crippen LogP contribution in [0.3, 0.4) is 0 Å². The van der Waals surface area contributed by atoms with E-state index in [4.69, 9.17) is 0 Å². The molecule has 3 nitrogen and oxygen atoms in total. The molecule has 1 aromatic carbocycles. The van der Waals surface area contributed by atoms with Crippen molar-refractivity contribution in [3.05, 3.63) is 29.3 Å². The average Bonchev–Trinajstić information content (AvgIpc) is 2.30. The first-order chi connectivity index (χ1) is 8.09. The quantitative estimate of drug-likeness (QED) is 0.853. The molecule has 1 aliphatic heterocycles. The number of aryl methyl sites for hydroxylation is 1. The van der Waals surface area contributed by atoms with Crippen molar-refractivity contribution in [3.8, 4) is 0 Å². The monoisotopic (exact) mass is 233 g/mol. The molecule has 0 aliphatic carbocycles. The number of carboxylic acids is 1. The van der Waals surface area contributed by atoms with Crippen LogP contribution in [0, 0.1) is 6.92 Å². The van der Waals surface area contributed by atoms with Crippen molar-refractivity contribution >= 4 is 11.7 Å². The van der Waals surface area contributed by atoms with Crippen molar-refractivity contribution in [2.24, 2.45) is 0 Å². The summed E-state index contributed by atoms with van der Waals surface area (Å²) in [6.45, 7) is 5.06. The lowest BCUT2D eigenvalue weighted by Gasteiger charge is -2.36. The van der Waals surface area contributed by atoms with E-state index in [-0.39, 0.29) is 0 Å². The highest BCUT2D eigenvalue weighted by Gasteiger charge is 2.22. The van der Waals surface area contributed by atoms with Crippen LogP contribution in [0.15, 0.2) is 18.2 Å². The first-order valence-electron chi connectivity index (χ1n) is 6.20. The second-order valence-electron chi connectivity index (χ2n) is 4.86. The Morgan fingerprint density at radius 3 is 2.82 bits per heavy atom. The van der Waals surface area contributed by atoms with Gasteiger partial charge in [-0.1, -0.05) is 11.6 Å². The van der Waals surface area contributed by atoms with E-state index in [1.54, 1.807) is 6.07 Å². The van der Waals surface area contributed by atoms with Gasteiger partial charge in [0.1, 0.15) is 0 Å². The van der Waals surface area contributed by atoms with E-state index in [1.807, 2.05) is 19.1 Å². The first kappa shape index (κ1) is 12.0. The summed E-state index contributed by atoms with van der Waals surface area (Å²) in [5.74, 6) is -0.832. The van der Waals surface area contributed by atoms with E-state index in [0.717, 1.165) is 30.6 Å². The van der Waals surface area contributed by atoms with Gasteiger partial charge in [0, 0.05) is 12.6 Å². The number of nitrogens with zero attached hydrogens (tertiary/aromatic N) is 1. The van der Waals surface area contributed by atoms with Crippen LogP contribution in [0.5, 0.6) is 0 Å². The van der Waals surface area contributed by atoms with Gasteiger partial charge in [0.15, 0.2) is 0 Å². The van der Waals surface area contributed by atoms with Crippen LogP contribution in [0.25, 0.3) is 0 Å². The number of piperidine rings is 1. The van der Waals surface area contributed by atoms with Gasteiger partial charge in [0.25, 0.3) is 0 Å². The molecule has 92 valence electrons. The molecule has 0 spiro atoms. The van der Waals surface area contributed by atoms with Crippen LogP contribution in [-0.2, 0) is 0 Å². The molecule has 1 heterocycles. The van der Waals surface area contributed by atoms with Crippen molar-refractivity contribution in [2.45, 2.75) is 39.2 Å². The minimum absolute atomic E-state index is 0.429. The van der Waals surface area contributed by atoms with Crippen molar-refractivity contribution in [3.63, 3.8) is 0 Å². The predicted molar refractivity (Wildman–Crippen MR) is 68.8 cm³/mol. The summed E-state index contributed by atoms with van der Waals surface area (Å²) < 4.78 is 0. The fraction of sp³-hybridized carbons (Fsp3) is 0.500. The summed E-state index contributed by atoms with van der Waals surface area (Å²) >= 11 is 0. The lowest BCUT2D eigenvalue weighted by Crippen LogP contribution is -2.38. The van der Waals surface area contributed by atoms with Crippen molar-refractivity contribution in [2.75, 3.05) is 11.4 Å².